The number of pyridine rings is 1. The summed E-state index contributed by atoms with van der Waals surface area (Å²) < 4.78 is 7.25. The number of esters is 1. The summed E-state index contributed by atoms with van der Waals surface area (Å²) in [6.07, 6.45) is 2.90. The minimum Gasteiger partial charge on any atom is -0.462 e. The van der Waals surface area contributed by atoms with Crippen molar-refractivity contribution in [2.24, 2.45) is 0 Å². The lowest BCUT2D eigenvalue weighted by Gasteiger charge is -2.10. The van der Waals surface area contributed by atoms with Crippen LogP contribution >= 0.6 is 15.9 Å². The zero-order valence-electron chi connectivity index (χ0n) is 13.2. The molecule has 3 rings (SSSR count). The third-order valence-corrected chi connectivity index (χ3v) is 4.64. The van der Waals surface area contributed by atoms with E-state index in [9.17, 15) is 9.59 Å². The predicted molar refractivity (Wildman–Crippen MR) is 95.3 cm³/mol. The van der Waals surface area contributed by atoms with E-state index in [2.05, 4.69) is 20.9 Å². The van der Waals surface area contributed by atoms with E-state index in [0.29, 0.717) is 5.65 Å². The van der Waals surface area contributed by atoms with Gasteiger partial charge in [-0.15, -0.1) is 0 Å². The molecule has 0 amide bonds. The predicted octanol–water partition coefficient (Wildman–Crippen LogP) is 3.61. The molecule has 0 atom stereocenters. The van der Waals surface area contributed by atoms with Crippen LogP contribution in [-0.2, 0) is 4.74 Å². The molecule has 0 unspecified atom stereocenters. The molecule has 0 saturated heterocycles. The van der Waals surface area contributed by atoms with Gasteiger partial charge in [0, 0.05) is 16.9 Å². The lowest BCUT2D eigenvalue weighted by atomic mass is 10.0. The summed E-state index contributed by atoms with van der Waals surface area (Å²) >= 11 is 3.52. The van der Waals surface area contributed by atoms with Crippen molar-refractivity contribution in [3.05, 3.63) is 68.7 Å². The van der Waals surface area contributed by atoms with Crippen molar-refractivity contribution in [2.45, 2.75) is 13.8 Å². The van der Waals surface area contributed by atoms with Crippen molar-refractivity contribution >= 4 is 27.5 Å². The van der Waals surface area contributed by atoms with Crippen molar-refractivity contribution in [3.63, 3.8) is 0 Å². The number of hydrogen-bond donors (Lipinski definition) is 0. The monoisotopic (exact) mass is 386 g/mol. The molecule has 6 heteroatoms. The normalized spacial score (nSPS) is 10.8. The molecule has 24 heavy (non-hydrogen) atoms. The summed E-state index contributed by atoms with van der Waals surface area (Å²) in [5.74, 6) is -0.656. The molecule has 2 heterocycles. The number of carbonyl (C=O) groups excluding carboxylic acids is 1. The molecule has 0 aliphatic carbocycles. The number of halogens is 1. The van der Waals surface area contributed by atoms with Crippen LogP contribution in [0.1, 0.15) is 22.8 Å². The molecule has 5 nitrogen and oxygen atoms in total. The zero-order valence-corrected chi connectivity index (χ0v) is 14.8. The third kappa shape index (κ3) is 2.85. The maximum absolute atomic E-state index is 12.4. The van der Waals surface area contributed by atoms with Gasteiger partial charge in [0.15, 0.2) is 0 Å². The first-order chi connectivity index (χ1) is 11.5. The second-order valence-electron chi connectivity index (χ2n) is 5.25. The molecule has 0 fully saturated rings. The third-order valence-electron chi connectivity index (χ3n) is 3.78. The fraction of sp³-hybridized carbons (Fsp3) is 0.167. The topological polar surface area (TPSA) is 60.7 Å². The Labute approximate surface area is 147 Å². The van der Waals surface area contributed by atoms with Gasteiger partial charge in [-0.05, 0) is 48.7 Å². The lowest BCUT2D eigenvalue weighted by Crippen LogP contribution is -2.24. The maximum atomic E-state index is 12.4. The average Bonchev–Trinajstić information content (AvgIpc) is 2.57. The molecule has 2 aromatic heterocycles. The van der Waals surface area contributed by atoms with Gasteiger partial charge in [0.2, 0.25) is 0 Å². The van der Waals surface area contributed by atoms with E-state index in [1.807, 2.05) is 37.3 Å². The Morgan fingerprint density at radius 3 is 2.88 bits per heavy atom. The van der Waals surface area contributed by atoms with Crippen LogP contribution in [0.2, 0.25) is 0 Å². The van der Waals surface area contributed by atoms with Crippen LogP contribution in [0, 0.1) is 6.92 Å². The number of rotatable bonds is 3. The van der Waals surface area contributed by atoms with E-state index >= 15 is 0 Å². The Morgan fingerprint density at radius 1 is 1.33 bits per heavy atom. The highest BCUT2D eigenvalue weighted by Crippen LogP contribution is 2.28. The summed E-state index contributed by atoms with van der Waals surface area (Å²) in [5, 5.41) is 0. The molecule has 0 bridgehead atoms. The lowest BCUT2D eigenvalue weighted by molar-refractivity contribution is 0.0523. The van der Waals surface area contributed by atoms with Crippen LogP contribution in [0.3, 0.4) is 0 Å². The van der Waals surface area contributed by atoms with E-state index in [-0.39, 0.29) is 12.2 Å². The highest BCUT2D eigenvalue weighted by molar-refractivity contribution is 9.10. The zero-order chi connectivity index (χ0) is 17.3. The molecular formula is C18H15BrN2O3. The van der Waals surface area contributed by atoms with Crippen molar-refractivity contribution in [3.8, 4) is 11.1 Å². The van der Waals surface area contributed by atoms with E-state index < -0.39 is 11.5 Å². The van der Waals surface area contributed by atoms with Gasteiger partial charge in [-0.25, -0.2) is 9.78 Å². The minimum absolute atomic E-state index is 0.0688. The number of nitrogens with zero attached hydrogens (tertiary/aromatic N) is 2. The number of aromatic nitrogens is 2. The minimum atomic E-state index is -0.656. The molecule has 1 aromatic carbocycles. The van der Waals surface area contributed by atoms with Gasteiger partial charge in [0.25, 0.3) is 5.56 Å². The fourth-order valence-corrected chi connectivity index (χ4v) is 2.88. The van der Waals surface area contributed by atoms with Gasteiger partial charge in [-0.2, -0.15) is 0 Å². The van der Waals surface area contributed by atoms with Crippen molar-refractivity contribution < 1.29 is 9.53 Å². The molecule has 0 N–H and O–H groups in total. The van der Waals surface area contributed by atoms with Gasteiger partial charge < -0.3 is 4.74 Å². The van der Waals surface area contributed by atoms with Crippen LogP contribution in [0.5, 0.6) is 0 Å². The number of hydrogen-bond acceptors (Lipinski definition) is 4. The molecule has 0 aliphatic heterocycles. The highest BCUT2D eigenvalue weighted by atomic mass is 79.9. The summed E-state index contributed by atoms with van der Waals surface area (Å²) in [7, 11) is 0. The summed E-state index contributed by atoms with van der Waals surface area (Å²) in [4.78, 5) is 28.5. The number of carbonyl (C=O) groups is 1. The molecule has 0 radical (unpaired) electrons. The maximum Gasteiger partial charge on any atom is 0.345 e. The molecule has 0 spiro atoms. The number of benzene rings is 1. The number of ether oxygens (including phenoxy) is 1. The second-order valence-corrected chi connectivity index (χ2v) is 6.11. The van der Waals surface area contributed by atoms with Crippen LogP contribution in [0.15, 0.2) is 52.0 Å². The molecular weight excluding hydrogens is 372 g/mol. The van der Waals surface area contributed by atoms with E-state index in [1.165, 1.54) is 10.6 Å². The average molecular weight is 387 g/mol. The van der Waals surface area contributed by atoms with Crippen LogP contribution < -0.4 is 5.56 Å². The van der Waals surface area contributed by atoms with E-state index in [0.717, 1.165) is 21.2 Å². The molecule has 0 saturated carbocycles. The SMILES string of the molecule is CCOC(=O)c1cnc2cc(-c3cccc(Br)c3C)ccn2c1=O. The van der Waals surface area contributed by atoms with E-state index in [1.54, 1.807) is 13.1 Å². The van der Waals surface area contributed by atoms with Crippen LogP contribution in [0.25, 0.3) is 16.8 Å². The first-order valence-electron chi connectivity index (χ1n) is 7.47. The van der Waals surface area contributed by atoms with E-state index in [4.69, 9.17) is 4.74 Å². The second kappa shape index (κ2) is 6.57. The van der Waals surface area contributed by atoms with Gasteiger partial charge >= 0.3 is 5.97 Å². The Hall–Kier alpha value is -2.47. The van der Waals surface area contributed by atoms with Crippen LogP contribution in [0.4, 0.5) is 0 Å². The Morgan fingerprint density at radius 2 is 2.12 bits per heavy atom. The Bertz CT molecular complexity index is 995. The summed E-state index contributed by atoms with van der Waals surface area (Å²) in [6, 6.07) is 9.61. The molecule has 3 aromatic rings. The van der Waals surface area contributed by atoms with Gasteiger partial charge in [-0.3, -0.25) is 9.20 Å². The summed E-state index contributed by atoms with van der Waals surface area (Å²) in [5.41, 5.74) is 3.08. The summed E-state index contributed by atoms with van der Waals surface area (Å²) in [6.45, 7) is 3.92. The first kappa shape index (κ1) is 16.4. The van der Waals surface area contributed by atoms with Gasteiger partial charge in [0.05, 0.1) is 6.61 Å². The van der Waals surface area contributed by atoms with Gasteiger partial charge in [0.1, 0.15) is 11.2 Å². The first-order valence-corrected chi connectivity index (χ1v) is 8.26. The van der Waals surface area contributed by atoms with Crippen molar-refractivity contribution in [1.29, 1.82) is 0 Å². The fourth-order valence-electron chi connectivity index (χ4n) is 2.51. The standard InChI is InChI=1S/C18H15BrN2O3/c1-3-24-18(23)14-10-20-16-9-12(7-8-21(16)17(14)22)13-5-4-6-15(19)11(13)2/h4-10H,3H2,1-2H3. The Balaban J connectivity index is 2.14. The quantitative estimate of drug-likeness (QED) is 0.645. The van der Waals surface area contributed by atoms with Crippen molar-refractivity contribution in [2.75, 3.05) is 6.61 Å². The smallest absolute Gasteiger partial charge is 0.345 e. The van der Waals surface area contributed by atoms with Crippen LogP contribution in [-0.4, -0.2) is 22.0 Å². The van der Waals surface area contributed by atoms with Gasteiger partial charge in [-0.1, -0.05) is 28.1 Å². The number of fused-ring (bicyclic) bond motifs is 1. The highest BCUT2D eigenvalue weighted by Gasteiger charge is 2.15. The molecule has 122 valence electrons. The largest absolute Gasteiger partial charge is 0.462 e. The molecule has 0 aliphatic rings. The van der Waals surface area contributed by atoms with Crippen molar-refractivity contribution in [1.82, 2.24) is 9.38 Å². The Kier molecular flexibility index (Phi) is 4.49.